The highest BCUT2D eigenvalue weighted by Gasteiger charge is 2.34. The first-order chi connectivity index (χ1) is 17.8. The van der Waals surface area contributed by atoms with Gasteiger partial charge in [-0.05, 0) is 107 Å². The van der Waals surface area contributed by atoms with Crippen LogP contribution in [0.2, 0.25) is 0 Å². The first-order valence-corrected chi connectivity index (χ1v) is 13.5. The van der Waals surface area contributed by atoms with E-state index in [-0.39, 0.29) is 5.41 Å². The molecule has 0 bridgehead atoms. The van der Waals surface area contributed by atoms with Crippen molar-refractivity contribution in [3.63, 3.8) is 0 Å². The second kappa shape index (κ2) is 8.73. The van der Waals surface area contributed by atoms with Gasteiger partial charge in [-0.3, -0.25) is 0 Å². The summed E-state index contributed by atoms with van der Waals surface area (Å²) in [6, 6.07) is 27.0. The summed E-state index contributed by atoms with van der Waals surface area (Å²) in [6.07, 6.45) is 7.07. The number of hydrogen-bond acceptors (Lipinski definition) is 0. The van der Waals surface area contributed by atoms with Crippen LogP contribution in [0.5, 0.6) is 0 Å². The van der Waals surface area contributed by atoms with Crippen LogP contribution >= 0.6 is 0 Å². The van der Waals surface area contributed by atoms with Gasteiger partial charge >= 0.3 is 0 Å². The maximum atomic E-state index is 2.51. The standard InChI is InChI=1S/C37H36/c1-23-11-7-12-24(2)35(23)31-17-9-15-27-19-29(21-33(27)31)37(5,6)30-20-28-16-10-18-32(34(28)22-30)36-25(3)13-8-14-26(36)4/h7-18,21-22H,19-20H2,1-6H3. The van der Waals surface area contributed by atoms with E-state index >= 15 is 0 Å². The van der Waals surface area contributed by atoms with Crippen molar-refractivity contribution in [3.8, 4) is 22.3 Å². The van der Waals surface area contributed by atoms with Crippen molar-refractivity contribution in [1.82, 2.24) is 0 Å². The zero-order chi connectivity index (χ0) is 25.9. The Bertz CT molecular complexity index is 1460. The summed E-state index contributed by atoms with van der Waals surface area (Å²) >= 11 is 0. The molecule has 0 aliphatic heterocycles. The summed E-state index contributed by atoms with van der Waals surface area (Å²) in [5.41, 5.74) is 19.7. The van der Waals surface area contributed by atoms with Crippen molar-refractivity contribution in [2.75, 3.05) is 0 Å². The fourth-order valence-corrected chi connectivity index (χ4v) is 6.66. The first-order valence-electron chi connectivity index (χ1n) is 13.5. The number of benzene rings is 4. The molecule has 0 fully saturated rings. The molecule has 0 N–H and O–H groups in total. The third-order valence-electron chi connectivity index (χ3n) is 8.90. The van der Waals surface area contributed by atoms with Gasteiger partial charge in [0.2, 0.25) is 0 Å². The second-order valence-electron chi connectivity index (χ2n) is 11.6. The van der Waals surface area contributed by atoms with E-state index in [4.69, 9.17) is 0 Å². The van der Waals surface area contributed by atoms with Crippen molar-refractivity contribution in [3.05, 3.63) is 128 Å². The van der Waals surface area contributed by atoms with Crippen LogP contribution in [0.1, 0.15) is 58.4 Å². The minimum atomic E-state index is -0.00582. The smallest absolute Gasteiger partial charge is 0.00773 e. The van der Waals surface area contributed by atoms with Crippen molar-refractivity contribution >= 4 is 12.2 Å². The van der Waals surface area contributed by atoms with E-state index in [1.807, 2.05) is 0 Å². The number of rotatable bonds is 4. The lowest BCUT2D eigenvalue weighted by atomic mass is 9.75. The van der Waals surface area contributed by atoms with Crippen molar-refractivity contribution in [1.29, 1.82) is 0 Å². The molecule has 0 aromatic heterocycles. The monoisotopic (exact) mass is 480 g/mol. The van der Waals surface area contributed by atoms with Gasteiger partial charge in [0.25, 0.3) is 0 Å². The van der Waals surface area contributed by atoms with E-state index in [1.165, 1.54) is 77.9 Å². The number of aryl methyl sites for hydroxylation is 4. The van der Waals surface area contributed by atoms with E-state index in [9.17, 15) is 0 Å². The average molecular weight is 481 g/mol. The molecule has 0 heterocycles. The Labute approximate surface area is 222 Å². The molecule has 0 radical (unpaired) electrons. The van der Waals surface area contributed by atoms with Gasteiger partial charge in [-0.1, -0.05) is 110 Å². The normalized spacial score (nSPS) is 14.3. The lowest BCUT2D eigenvalue weighted by Crippen LogP contribution is -2.18. The first kappa shape index (κ1) is 23.7. The van der Waals surface area contributed by atoms with E-state index in [0.29, 0.717) is 0 Å². The molecular weight excluding hydrogens is 444 g/mol. The van der Waals surface area contributed by atoms with Crippen LogP contribution in [0.25, 0.3) is 34.4 Å². The summed E-state index contributed by atoms with van der Waals surface area (Å²) in [6.45, 7) is 13.8. The quantitative estimate of drug-likeness (QED) is 0.273. The van der Waals surface area contributed by atoms with Crippen LogP contribution < -0.4 is 0 Å². The van der Waals surface area contributed by atoms with Crippen LogP contribution in [-0.2, 0) is 12.8 Å². The molecule has 37 heavy (non-hydrogen) atoms. The lowest BCUT2D eigenvalue weighted by molar-refractivity contribution is 0.526. The topological polar surface area (TPSA) is 0 Å². The van der Waals surface area contributed by atoms with E-state index in [2.05, 4.69) is 126 Å². The SMILES string of the molecule is Cc1cccc(C)c1-c1cccc2c1C=C(C(C)(C)C1=Cc3c(cccc3-c3c(C)cccc3C)C1)C2. The van der Waals surface area contributed by atoms with Crippen LogP contribution in [0.15, 0.2) is 83.9 Å². The van der Waals surface area contributed by atoms with Gasteiger partial charge in [0.05, 0.1) is 0 Å². The predicted molar refractivity (Wildman–Crippen MR) is 160 cm³/mol. The highest BCUT2D eigenvalue weighted by Crippen LogP contribution is 2.49. The minimum absolute atomic E-state index is 0.00582. The third-order valence-corrected chi connectivity index (χ3v) is 8.90. The van der Waals surface area contributed by atoms with Crippen LogP contribution in [0.4, 0.5) is 0 Å². The lowest BCUT2D eigenvalue weighted by Gasteiger charge is -2.28. The van der Waals surface area contributed by atoms with Gasteiger partial charge in [0.1, 0.15) is 0 Å². The molecule has 2 aliphatic rings. The zero-order valence-electron chi connectivity index (χ0n) is 23.0. The van der Waals surface area contributed by atoms with Crippen LogP contribution in [-0.4, -0.2) is 0 Å². The molecular formula is C37H36. The largest absolute Gasteiger partial charge is 0.0617 e. The van der Waals surface area contributed by atoms with E-state index < -0.39 is 0 Å². The number of allylic oxidation sites excluding steroid dienone is 2. The molecule has 4 aromatic carbocycles. The van der Waals surface area contributed by atoms with Crippen LogP contribution in [0, 0.1) is 33.1 Å². The minimum Gasteiger partial charge on any atom is -0.0617 e. The Morgan fingerprint density at radius 3 is 1.22 bits per heavy atom. The molecule has 0 amide bonds. The Kier molecular flexibility index (Phi) is 5.60. The molecule has 0 unspecified atom stereocenters. The molecule has 0 spiro atoms. The highest BCUT2D eigenvalue weighted by molar-refractivity contribution is 5.86. The molecule has 0 heteroatoms. The predicted octanol–water partition coefficient (Wildman–Crippen LogP) is 9.86. The maximum absolute atomic E-state index is 2.51. The third kappa shape index (κ3) is 3.82. The Hall–Kier alpha value is -3.64. The van der Waals surface area contributed by atoms with Crippen molar-refractivity contribution in [2.24, 2.45) is 5.41 Å². The molecule has 0 nitrogen and oxygen atoms in total. The van der Waals surface area contributed by atoms with Gasteiger partial charge in [-0.25, -0.2) is 0 Å². The second-order valence-corrected chi connectivity index (χ2v) is 11.6. The highest BCUT2D eigenvalue weighted by atomic mass is 14.4. The van der Waals surface area contributed by atoms with Gasteiger partial charge < -0.3 is 0 Å². The molecule has 2 aliphatic carbocycles. The summed E-state index contributed by atoms with van der Waals surface area (Å²) in [5.74, 6) is 0. The Morgan fingerprint density at radius 1 is 0.486 bits per heavy atom. The van der Waals surface area contributed by atoms with E-state index in [0.717, 1.165) is 12.8 Å². The van der Waals surface area contributed by atoms with Gasteiger partial charge in [-0.2, -0.15) is 0 Å². The summed E-state index contributed by atoms with van der Waals surface area (Å²) in [4.78, 5) is 0. The Balaban J connectivity index is 1.41. The number of hydrogen-bond donors (Lipinski definition) is 0. The van der Waals surface area contributed by atoms with E-state index in [1.54, 1.807) is 0 Å². The molecule has 0 atom stereocenters. The summed E-state index contributed by atoms with van der Waals surface area (Å²) < 4.78 is 0. The fourth-order valence-electron chi connectivity index (χ4n) is 6.66. The van der Waals surface area contributed by atoms with Gasteiger partial charge in [0.15, 0.2) is 0 Å². The molecule has 0 saturated heterocycles. The maximum Gasteiger partial charge on any atom is 0.00773 e. The van der Waals surface area contributed by atoms with Crippen molar-refractivity contribution < 1.29 is 0 Å². The fraction of sp³-hybridized carbons (Fsp3) is 0.243. The number of fused-ring (bicyclic) bond motifs is 2. The molecule has 6 rings (SSSR count). The molecule has 184 valence electrons. The summed E-state index contributed by atoms with van der Waals surface area (Å²) in [5, 5.41) is 0. The zero-order valence-corrected chi connectivity index (χ0v) is 23.0. The van der Waals surface area contributed by atoms with Gasteiger partial charge in [-0.15, -0.1) is 0 Å². The summed E-state index contributed by atoms with van der Waals surface area (Å²) in [7, 11) is 0. The molecule has 0 saturated carbocycles. The molecule has 4 aromatic rings. The average Bonchev–Trinajstić information content (AvgIpc) is 3.50. The van der Waals surface area contributed by atoms with Crippen molar-refractivity contribution in [2.45, 2.75) is 54.4 Å². The Morgan fingerprint density at radius 2 is 0.838 bits per heavy atom. The van der Waals surface area contributed by atoms with Gasteiger partial charge in [0, 0.05) is 5.41 Å². The van der Waals surface area contributed by atoms with Crippen LogP contribution in [0.3, 0.4) is 0 Å².